The maximum absolute atomic E-state index is 13.1. The summed E-state index contributed by atoms with van der Waals surface area (Å²) in [6.07, 6.45) is -1.27. The van der Waals surface area contributed by atoms with Crippen molar-refractivity contribution in [3.63, 3.8) is 0 Å². The molecule has 0 aliphatic heterocycles. The first-order valence-corrected chi connectivity index (χ1v) is 11.9. The van der Waals surface area contributed by atoms with Crippen molar-refractivity contribution in [2.45, 2.75) is 6.18 Å². The fraction of sp³-hybridized carbons (Fsp3) is 0.0357. The highest BCUT2D eigenvalue weighted by molar-refractivity contribution is 6.31. The molecule has 3 amide bonds. The Morgan fingerprint density at radius 1 is 0.821 bits per heavy atom. The quantitative estimate of drug-likeness (QED) is 0.211. The standard InChI is InChI=1S/C28H19ClF3N5O2/c29-23-10-9-19(16-22(23)28(30,31)32)35-27(39)34-18-7-4-8-20(15-18)37-14-12-21-24(37)11-13-33-25(21)36-26(38)17-5-2-1-3-6-17/h1-16H,(H,33,36,38)(H2,34,35,39). The number of urea groups is 1. The maximum Gasteiger partial charge on any atom is 0.417 e. The zero-order chi connectivity index (χ0) is 27.6. The summed E-state index contributed by atoms with van der Waals surface area (Å²) < 4.78 is 41.2. The minimum absolute atomic E-state index is 0.0608. The molecule has 3 aromatic carbocycles. The molecule has 0 fully saturated rings. The summed E-state index contributed by atoms with van der Waals surface area (Å²) in [6, 6.07) is 21.7. The Morgan fingerprint density at radius 2 is 1.56 bits per heavy atom. The van der Waals surface area contributed by atoms with Crippen LogP contribution in [0.2, 0.25) is 5.02 Å². The van der Waals surface area contributed by atoms with Gasteiger partial charge in [-0.15, -0.1) is 0 Å². The molecule has 5 aromatic rings. The Morgan fingerprint density at radius 3 is 2.31 bits per heavy atom. The van der Waals surface area contributed by atoms with Gasteiger partial charge in [-0.1, -0.05) is 35.9 Å². The van der Waals surface area contributed by atoms with Crippen molar-refractivity contribution in [1.82, 2.24) is 9.55 Å². The summed E-state index contributed by atoms with van der Waals surface area (Å²) in [4.78, 5) is 29.5. The van der Waals surface area contributed by atoms with E-state index in [0.717, 1.165) is 17.6 Å². The molecule has 0 saturated carbocycles. The number of halogens is 4. The van der Waals surface area contributed by atoms with Gasteiger partial charge >= 0.3 is 12.2 Å². The molecule has 0 unspecified atom stereocenters. The van der Waals surface area contributed by atoms with Gasteiger partial charge in [0.05, 0.1) is 16.1 Å². The minimum Gasteiger partial charge on any atom is -0.316 e. The third-order valence-corrected chi connectivity index (χ3v) is 6.13. The number of nitrogens with zero attached hydrogens (tertiary/aromatic N) is 2. The normalized spacial score (nSPS) is 11.3. The summed E-state index contributed by atoms with van der Waals surface area (Å²) in [5.74, 6) is 0.110. The molecule has 2 heterocycles. The maximum atomic E-state index is 13.1. The monoisotopic (exact) mass is 549 g/mol. The Bertz CT molecular complexity index is 1690. The number of rotatable bonds is 5. The number of pyridine rings is 1. The third kappa shape index (κ3) is 5.70. The molecule has 2 aromatic heterocycles. The number of amides is 3. The van der Waals surface area contributed by atoms with Gasteiger partial charge in [0.1, 0.15) is 5.82 Å². The highest BCUT2D eigenvalue weighted by atomic mass is 35.5. The van der Waals surface area contributed by atoms with Crippen molar-refractivity contribution in [2.75, 3.05) is 16.0 Å². The summed E-state index contributed by atoms with van der Waals surface area (Å²) in [7, 11) is 0. The number of hydrogen-bond donors (Lipinski definition) is 3. The fourth-order valence-electron chi connectivity index (χ4n) is 4.01. The highest BCUT2D eigenvalue weighted by Crippen LogP contribution is 2.36. The second kappa shape index (κ2) is 10.5. The smallest absolute Gasteiger partial charge is 0.316 e. The minimum atomic E-state index is -4.65. The van der Waals surface area contributed by atoms with Crippen LogP contribution in [0.15, 0.2) is 97.3 Å². The Kier molecular flexibility index (Phi) is 6.95. The summed E-state index contributed by atoms with van der Waals surface area (Å²) in [5, 5.41) is 8.10. The molecular formula is C28H19ClF3N5O2. The van der Waals surface area contributed by atoms with E-state index in [0.29, 0.717) is 28.1 Å². The Balaban J connectivity index is 1.35. The van der Waals surface area contributed by atoms with E-state index in [1.165, 1.54) is 6.07 Å². The lowest BCUT2D eigenvalue weighted by molar-refractivity contribution is -0.137. The van der Waals surface area contributed by atoms with E-state index in [-0.39, 0.29) is 11.6 Å². The fourth-order valence-corrected chi connectivity index (χ4v) is 4.23. The Labute approximate surface area is 225 Å². The van der Waals surface area contributed by atoms with Gasteiger partial charge in [-0.05, 0) is 60.7 Å². The SMILES string of the molecule is O=C(Nc1cccc(-n2ccc3c(NC(=O)c4ccccc4)nccc32)c1)Nc1ccc(Cl)c(C(F)(F)F)c1. The lowest BCUT2D eigenvalue weighted by Crippen LogP contribution is -2.20. The van der Waals surface area contributed by atoms with Crippen LogP contribution in [-0.4, -0.2) is 21.5 Å². The van der Waals surface area contributed by atoms with Crippen LogP contribution in [0.3, 0.4) is 0 Å². The first kappa shape index (κ1) is 25.8. The van der Waals surface area contributed by atoms with Crippen LogP contribution >= 0.6 is 11.6 Å². The Hall–Kier alpha value is -4.83. The first-order chi connectivity index (χ1) is 18.7. The number of anilines is 3. The molecule has 0 bridgehead atoms. The number of nitrogens with one attached hydrogen (secondary N) is 3. The lowest BCUT2D eigenvalue weighted by atomic mass is 10.2. The van der Waals surface area contributed by atoms with Crippen LogP contribution < -0.4 is 16.0 Å². The highest BCUT2D eigenvalue weighted by Gasteiger charge is 2.33. The van der Waals surface area contributed by atoms with E-state index in [1.54, 1.807) is 60.9 Å². The van der Waals surface area contributed by atoms with E-state index in [1.807, 2.05) is 22.8 Å². The number of carbonyl (C=O) groups excluding carboxylic acids is 2. The molecule has 0 spiro atoms. The number of aromatic nitrogens is 2. The molecule has 0 atom stereocenters. The predicted octanol–water partition coefficient (Wildman–Crippen LogP) is 7.59. The molecule has 39 heavy (non-hydrogen) atoms. The van der Waals surface area contributed by atoms with Gasteiger partial charge < -0.3 is 20.5 Å². The van der Waals surface area contributed by atoms with E-state index in [4.69, 9.17) is 11.6 Å². The van der Waals surface area contributed by atoms with Crippen molar-refractivity contribution in [2.24, 2.45) is 0 Å². The average Bonchev–Trinajstić information content (AvgIpc) is 3.35. The van der Waals surface area contributed by atoms with Crippen LogP contribution in [0.1, 0.15) is 15.9 Å². The molecule has 7 nitrogen and oxygen atoms in total. The van der Waals surface area contributed by atoms with Crippen molar-refractivity contribution in [3.05, 3.63) is 113 Å². The predicted molar refractivity (Wildman–Crippen MR) is 145 cm³/mol. The van der Waals surface area contributed by atoms with Crippen LogP contribution in [0.25, 0.3) is 16.6 Å². The van der Waals surface area contributed by atoms with E-state index in [9.17, 15) is 22.8 Å². The van der Waals surface area contributed by atoms with E-state index < -0.39 is 22.8 Å². The topological polar surface area (TPSA) is 88.1 Å². The summed E-state index contributed by atoms with van der Waals surface area (Å²) >= 11 is 5.64. The second-order valence-electron chi connectivity index (χ2n) is 8.42. The molecule has 196 valence electrons. The molecule has 0 aliphatic rings. The molecule has 11 heteroatoms. The number of benzene rings is 3. The number of carbonyl (C=O) groups is 2. The van der Waals surface area contributed by atoms with E-state index in [2.05, 4.69) is 20.9 Å². The van der Waals surface area contributed by atoms with Crippen molar-refractivity contribution < 1.29 is 22.8 Å². The molecular weight excluding hydrogens is 531 g/mol. The largest absolute Gasteiger partial charge is 0.417 e. The van der Waals surface area contributed by atoms with Gasteiger partial charge in [-0.25, -0.2) is 9.78 Å². The molecule has 3 N–H and O–H groups in total. The van der Waals surface area contributed by atoms with Gasteiger partial charge in [0.2, 0.25) is 0 Å². The van der Waals surface area contributed by atoms with Crippen LogP contribution in [0.4, 0.5) is 35.2 Å². The van der Waals surface area contributed by atoms with Gasteiger partial charge in [0.15, 0.2) is 0 Å². The third-order valence-electron chi connectivity index (χ3n) is 5.80. The number of hydrogen-bond acceptors (Lipinski definition) is 3. The summed E-state index contributed by atoms with van der Waals surface area (Å²) in [6.45, 7) is 0. The molecule has 0 saturated heterocycles. The van der Waals surface area contributed by atoms with Gasteiger partial charge in [0.25, 0.3) is 5.91 Å². The van der Waals surface area contributed by atoms with Gasteiger partial charge in [-0.2, -0.15) is 13.2 Å². The van der Waals surface area contributed by atoms with Crippen LogP contribution in [-0.2, 0) is 6.18 Å². The van der Waals surface area contributed by atoms with Gasteiger partial charge in [0, 0.05) is 40.4 Å². The molecule has 0 radical (unpaired) electrons. The average molecular weight is 550 g/mol. The van der Waals surface area contributed by atoms with Crippen molar-refractivity contribution in [3.8, 4) is 5.69 Å². The second-order valence-corrected chi connectivity index (χ2v) is 8.83. The molecule has 5 rings (SSSR count). The first-order valence-electron chi connectivity index (χ1n) is 11.6. The zero-order valence-corrected chi connectivity index (χ0v) is 20.7. The number of alkyl halides is 3. The molecule has 0 aliphatic carbocycles. The zero-order valence-electron chi connectivity index (χ0n) is 20.0. The van der Waals surface area contributed by atoms with Crippen molar-refractivity contribution >= 4 is 51.6 Å². The van der Waals surface area contributed by atoms with Crippen LogP contribution in [0, 0.1) is 0 Å². The number of fused-ring (bicyclic) bond motifs is 1. The van der Waals surface area contributed by atoms with Gasteiger partial charge in [-0.3, -0.25) is 4.79 Å². The lowest BCUT2D eigenvalue weighted by Gasteiger charge is -2.13. The van der Waals surface area contributed by atoms with Crippen molar-refractivity contribution in [1.29, 1.82) is 0 Å². The summed E-state index contributed by atoms with van der Waals surface area (Å²) in [5.41, 5.74) is 1.26. The van der Waals surface area contributed by atoms with E-state index >= 15 is 0 Å². The van der Waals surface area contributed by atoms with Crippen LogP contribution in [0.5, 0.6) is 0 Å².